The molecule has 7 nitrogen and oxygen atoms in total. The predicted octanol–water partition coefficient (Wildman–Crippen LogP) is 4.89. The van der Waals surface area contributed by atoms with Crippen molar-refractivity contribution in [3.8, 4) is 0 Å². The zero-order valence-corrected chi connectivity index (χ0v) is 22.2. The summed E-state index contributed by atoms with van der Waals surface area (Å²) in [6, 6.07) is 4.50. The molecule has 0 aliphatic rings. The van der Waals surface area contributed by atoms with E-state index in [0.29, 0.717) is 33.8 Å². The standard InChI is InChI=1S/C21H31BrClN3O4Si/c1-7-14-17(23)9-8-15(18(14)22)20(27)19-16(21(28)25(2)29-3)12-24-26(19)13-30-10-11-31(4,5)6/h8-9,12,20,27H,7,10-11,13H2,1-6H3. The number of halogens is 2. The van der Waals surface area contributed by atoms with Gasteiger partial charge in [-0.05, 0) is 24.1 Å². The third-order valence-electron chi connectivity index (χ3n) is 5.00. The molecule has 2 rings (SSSR count). The highest BCUT2D eigenvalue weighted by atomic mass is 79.9. The summed E-state index contributed by atoms with van der Waals surface area (Å²) in [6.07, 6.45) is 1.00. The van der Waals surface area contributed by atoms with Gasteiger partial charge in [0.05, 0.1) is 24.6 Å². The fraction of sp³-hybridized carbons (Fsp3) is 0.524. The molecule has 1 atom stereocenters. The van der Waals surface area contributed by atoms with Gasteiger partial charge < -0.3 is 9.84 Å². The van der Waals surface area contributed by atoms with Gasteiger partial charge in [-0.15, -0.1) is 0 Å². The van der Waals surface area contributed by atoms with Crippen LogP contribution in [0.5, 0.6) is 0 Å². The van der Waals surface area contributed by atoms with Gasteiger partial charge in [0.1, 0.15) is 12.8 Å². The minimum Gasteiger partial charge on any atom is -0.382 e. The number of carbonyl (C=O) groups is 1. The zero-order chi connectivity index (χ0) is 23.3. The van der Waals surface area contributed by atoms with Crippen molar-refractivity contribution in [1.82, 2.24) is 14.8 Å². The van der Waals surface area contributed by atoms with Crippen LogP contribution in [-0.2, 0) is 22.7 Å². The third-order valence-corrected chi connectivity index (χ3v) is 8.00. The SMILES string of the molecule is CCc1c(Cl)ccc(C(O)c2c(C(=O)N(C)OC)cnn2COCC[Si](C)(C)C)c1Br. The number of nitrogens with zero attached hydrogens (tertiary/aromatic N) is 3. The first kappa shape index (κ1) is 26.0. The fourth-order valence-electron chi connectivity index (χ4n) is 3.03. The monoisotopic (exact) mass is 531 g/mol. The summed E-state index contributed by atoms with van der Waals surface area (Å²) in [4.78, 5) is 17.9. The second-order valence-electron chi connectivity index (χ2n) is 8.46. The van der Waals surface area contributed by atoms with Crippen LogP contribution in [0.15, 0.2) is 22.8 Å². The van der Waals surface area contributed by atoms with Crippen LogP contribution in [-0.4, -0.2) is 54.7 Å². The van der Waals surface area contributed by atoms with Gasteiger partial charge in [0.2, 0.25) is 0 Å². The van der Waals surface area contributed by atoms with E-state index >= 15 is 0 Å². The maximum absolute atomic E-state index is 12.8. The van der Waals surface area contributed by atoms with Crippen LogP contribution in [0.1, 0.15) is 40.2 Å². The Morgan fingerprint density at radius 1 is 1.39 bits per heavy atom. The summed E-state index contributed by atoms with van der Waals surface area (Å²) in [5.74, 6) is -0.411. The molecule has 0 bridgehead atoms. The van der Waals surface area contributed by atoms with E-state index in [9.17, 15) is 9.90 Å². The molecular weight excluding hydrogens is 502 g/mol. The minimum atomic E-state index is -1.24. The van der Waals surface area contributed by atoms with Crippen molar-refractivity contribution in [2.45, 2.75) is 51.9 Å². The first-order chi connectivity index (χ1) is 14.5. The first-order valence-electron chi connectivity index (χ1n) is 10.1. The average molecular weight is 533 g/mol. The second-order valence-corrected chi connectivity index (χ2v) is 15.3. The number of benzene rings is 1. The molecule has 172 valence electrons. The summed E-state index contributed by atoms with van der Waals surface area (Å²) in [6.45, 7) is 9.55. The van der Waals surface area contributed by atoms with Crippen molar-refractivity contribution >= 4 is 41.5 Å². The summed E-state index contributed by atoms with van der Waals surface area (Å²) in [5.41, 5.74) is 2.06. The van der Waals surface area contributed by atoms with E-state index in [0.717, 1.165) is 16.7 Å². The van der Waals surface area contributed by atoms with Crippen molar-refractivity contribution in [2.75, 3.05) is 20.8 Å². The predicted molar refractivity (Wildman–Crippen MR) is 128 cm³/mol. The summed E-state index contributed by atoms with van der Waals surface area (Å²) in [5, 5.41) is 17.4. The Kier molecular flexibility index (Phi) is 9.29. The number of ether oxygens (including phenoxy) is 1. The van der Waals surface area contributed by atoms with E-state index in [1.54, 1.807) is 12.1 Å². The van der Waals surface area contributed by atoms with Crippen LogP contribution >= 0.6 is 27.5 Å². The van der Waals surface area contributed by atoms with E-state index in [4.69, 9.17) is 21.2 Å². The third kappa shape index (κ3) is 6.40. The highest BCUT2D eigenvalue weighted by molar-refractivity contribution is 9.10. The highest BCUT2D eigenvalue weighted by Crippen LogP contribution is 2.36. The van der Waals surface area contributed by atoms with Gasteiger partial charge in [0, 0.05) is 36.8 Å². The van der Waals surface area contributed by atoms with Gasteiger partial charge in [-0.25, -0.2) is 9.75 Å². The van der Waals surface area contributed by atoms with Crippen molar-refractivity contribution in [3.05, 3.63) is 50.2 Å². The van der Waals surface area contributed by atoms with E-state index in [1.807, 2.05) is 6.92 Å². The molecule has 0 fully saturated rings. The van der Waals surface area contributed by atoms with Gasteiger partial charge in [0.25, 0.3) is 5.91 Å². The lowest BCUT2D eigenvalue weighted by Gasteiger charge is -2.21. The highest BCUT2D eigenvalue weighted by Gasteiger charge is 2.29. The van der Waals surface area contributed by atoms with Crippen molar-refractivity contribution in [1.29, 1.82) is 0 Å². The Morgan fingerprint density at radius 2 is 2.06 bits per heavy atom. The van der Waals surface area contributed by atoms with Crippen LogP contribution in [0.3, 0.4) is 0 Å². The lowest BCUT2D eigenvalue weighted by molar-refractivity contribution is -0.0759. The molecule has 1 N–H and O–H groups in total. The van der Waals surface area contributed by atoms with E-state index in [1.165, 1.54) is 25.0 Å². The smallest absolute Gasteiger partial charge is 0.280 e. The Morgan fingerprint density at radius 3 is 2.65 bits per heavy atom. The van der Waals surface area contributed by atoms with E-state index < -0.39 is 20.1 Å². The molecule has 31 heavy (non-hydrogen) atoms. The number of aromatic nitrogens is 2. The van der Waals surface area contributed by atoms with Crippen LogP contribution in [0.25, 0.3) is 0 Å². The maximum Gasteiger partial charge on any atom is 0.280 e. The molecule has 2 aromatic rings. The topological polar surface area (TPSA) is 76.8 Å². The summed E-state index contributed by atoms with van der Waals surface area (Å²) >= 11 is 9.87. The van der Waals surface area contributed by atoms with E-state index in [-0.39, 0.29) is 12.3 Å². The Bertz CT molecular complexity index is 917. The number of rotatable bonds is 10. The van der Waals surface area contributed by atoms with Gasteiger partial charge in [0.15, 0.2) is 0 Å². The molecule has 0 aliphatic heterocycles. The molecule has 1 aromatic carbocycles. The Hall–Kier alpha value is -1.23. The largest absolute Gasteiger partial charge is 0.382 e. The lowest BCUT2D eigenvalue weighted by atomic mass is 10.00. The maximum atomic E-state index is 12.8. The molecule has 0 radical (unpaired) electrons. The summed E-state index contributed by atoms with van der Waals surface area (Å²) < 4.78 is 8.07. The molecule has 1 unspecified atom stereocenters. The number of aliphatic hydroxyl groups excluding tert-OH is 1. The molecule has 0 aliphatic carbocycles. The number of aliphatic hydroxyl groups is 1. The van der Waals surface area contributed by atoms with Crippen LogP contribution < -0.4 is 0 Å². The van der Waals surface area contributed by atoms with Gasteiger partial charge >= 0.3 is 0 Å². The first-order valence-corrected chi connectivity index (χ1v) is 15.0. The Labute approximate surface area is 198 Å². The quantitative estimate of drug-likeness (QED) is 0.268. The molecule has 0 spiro atoms. The average Bonchev–Trinajstić information content (AvgIpc) is 3.13. The molecule has 0 saturated heterocycles. The number of hydrogen-bond donors (Lipinski definition) is 1. The van der Waals surface area contributed by atoms with Crippen LogP contribution in [0.4, 0.5) is 0 Å². The van der Waals surface area contributed by atoms with Crippen molar-refractivity contribution in [2.24, 2.45) is 0 Å². The number of hydrogen-bond acceptors (Lipinski definition) is 5. The van der Waals surface area contributed by atoms with Crippen molar-refractivity contribution in [3.63, 3.8) is 0 Å². The van der Waals surface area contributed by atoms with Gasteiger partial charge in [-0.1, -0.05) is 60.2 Å². The number of amides is 1. The van der Waals surface area contributed by atoms with Crippen LogP contribution in [0, 0.1) is 0 Å². The van der Waals surface area contributed by atoms with Gasteiger partial charge in [-0.3, -0.25) is 9.63 Å². The molecule has 1 amide bonds. The molecule has 1 heterocycles. The number of carbonyl (C=O) groups excluding carboxylic acids is 1. The number of hydroxylamine groups is 2. The van der Waals surface area contributed by atoms with E-state index in [2.05, 4.69) is 40.7 Å². The molecule has 0 saturated carbocycles. The summed E-state index contributed by atoms with van der Waals surface area (Å²) in [7, 11) is 1.67. The van der Waals surface area contributed by atoms with Crippen LogP contribution in [0.2, 0.25) is 30.7 Å². The molecular formula is C21H31BrClN3O4Si. The normalized spacial score (nSPS) is 12.8. The van der Waals surface area contributed by atoms with Crippen molar-refractivity contribution < 1.29 is 19.5 Å². The molecule has 1 aromatic heterocycles. The zero-order valence-electron chi connectivity index (χ0n) is 18.9. The van der Waals surface area contributed by atoms with Gasteiger partial charge in [-0.2, -0.15) is 5.10 Å². The lowest BCUT2D eigenvalue weighted by Crippen LogP contribution is -2.27. The molecule has 10 heteroatoms. The fourth-order valence-corrected chi connectivity index (χ4v) is 5.04. The Balaban J connectivity index is 2.44. The minimum absolute atomic E-state index is 0.132. The second kappa shape index (κ2) is 11.1.